The van der Waals surface area contributed by atoms with E-state index in [2.05, 4.69) is 4.98 Å². The molecule has 15 heavy (non-hydrogen) atoms. The quantitative estimate of drug-likeness (QED) is 0.743. The van der Waals surface area contributed by atoms with Crippen LogP contribution >= 0.6 is 0 Å². The number of aromatic nitrogens is 1. The fraction of sp³-hybridized carbons (Fsp3) is 0.500. The number of carbonyl (C=O) groups excluding carboxylic acids is 1. The standard InChI is InChI=1S/C12H15NO2/c1-15-11-7-4-8-13-12(11)9-5-2-3-6-10(9)14/h4,7-9H,2-3,5-6H2,1H3. The average molecular weight is 205 g/mol. The summed E-state index contributed by atoms with van der Waals surface area (Å²) in [7, 11) is 1.62. The zero-order chi connectivity index (χ0) is 10.7. The van der Waals surface area contributed by atoms with Gasteiger partial charge in [0.1, 0.15) is 11.5 Å². The Kier molecular flexibility index (Phi) is 2.99. The summed E-state index contributed by atoms with van der Waals surface area (Å²) in [6, 6.07) is 3.69. The molecule has 1 atom stereocenters. The molecule has 0 N–H and O–H groups in total. The molecule has 0 bridgehead atoms. The predicted octanol–water partition coefficient (Wildman–Crippen LogP) is 2.32. The Hall–Kier alpha value is -1.38. The summed E-state index contributed by atoms with van der Waals surface area (Å²) in [6.45, 7) is 0. The van der Waals surface area contributed by atoms with Crippen molar-refractivity contribution in [3.63, 3.8) is 0 Å². The van der Waals surface area contributed by atoms with Crippen LogP contribution in [0.15, 0.2) is 18.3 Å². The predicted molar refractivity (Wildman–Crippen MR) is 57.0 cm³/mol. The van der Waals surface area contributed by atoms with E-state index in [1.165, 1.54) is 0 Å². The fourth-order valence-corrected chi connectivity index (χ4v) is 2.11. The third-order valence-corrected chi connectivity index (χ3v) is 2.90. The lowest BCUT2D eigenvalue weighted by Crippen LogP contribution is -2.18. The van der Waals surface area contributed by atoms with Gasteiger partial charge in [-0.25, -0.2) is 0 Å². The van der Waals surface area contributed by atoms with Crippen molar-refractivity contribution in [1.82, 2.24) is 4.98 Å². The molecule has 0 amide bonds. The van der Waals surface area contributed by atoms with Crippen molar-refractivity contribution >= 4 is 5.78 Å². The Balaban J connectivity index is 2.30. The Labute approximate surface area is 89.5 Å². The molecule has 3 nitrogen and oxygen atoms in total. The average Bonchev–Trinajstić information content (AvgIpc) is 2.30. The Morgan fingerprint density at radius 3 is 3.07 bits per heavy atom. The van der Waals surface area contributed by atoms with E-state index in [-0.39, 0.29) is 5.92 Å². The van der Waals surface area contributed by atoms with Gasteiger partial charge in [0.2, 0.25) is 0 Å². The summed E-state index contributed by atoms with van der Waals surface area (Å²) >= 11 is 0. The molecular formula is C12H15NO2. The van der Waals surface area contributed by atoms with E-state index in [0.29, 0.717) is 12.2 Å². The summed E-state index contributed by atoms with van der Waals surface area (Å²) < 4.78 is 5.23. The second-order valence-electron chi connectivity index (χ2n) is 3.86. The van der Waals surface area contributed by atoms with Gasteiger partial charge in [-0.05, 0) is 25.0 Å². The van der Waals surface area contributed by atoms with Crippen LogP contribution in [0.2, 0.25) is 0 Å². The Bertz CT molecular complexity index is 362. The maximum absolute atomic E-state index is 11.8. The molecule has 0 aliphatic heterocycles. The van der Waals surface area contributed by atoms with Crippen molar-refractivity contribution in [3.8, 4) is 5.75 Å². The lowest BCUT2D eigenvalue weighted by molar-refractivity contribution is -0.122. The molecule has 1 unspecified atom stereocenters. The number of hydrogen-bond donors (Lipinski definition) is 0. The van der Waals surface area contributed by atoms with Crippen molar-refractivity contribution in [2.45, 2.75) is 31.6 Å². The largest absolute Gasteiger partial charge is 0.495 e. The van der Waals surface area contributed by atoms with Crippen LogP contribution < -0.4 is 4.74 Å². The second-order valence-corrected chi connectivity index (χ2v) is 3.86. The van der Waals surface area contributed by atoms with Gasteiger partial charge in [-0.3, -0.25) is 9.78 Å². The number of Topliss-reactive ketones (excluding diaryl/α,β-unsaturated/α-hetero) is 1. The molecule has 1 aromatic heterocycles. The summed E-state index contributed by atoms with van der Waals surface area (Å²) in [5, 5.41) is 0. The summed E-state index contributed by atoms with van der Waals surface area (Å²) in [4.78, 5) is 16.0. The number of hydrogen-bond acceptors (Lipinski definition) is 3. The van der Waals surface area contributed by atoms with Gasteiger partial charge < -0.3 is 4.74 Å². The first-order valence-corrected chi connectivity index (χ1v) is 5.34. The molecular weight excluding hydrogens is 190 g/mol. The second kappa shape index (κ2) is 4.43. The monoisotopic (exact) mass is 205 g/mol. The Morgan fingerprint density at radius 1 is 1.47 bits per heavy atom. The highest BCUT2D eigenvalue weighted by molar-refractivity contribution is 5.86. The van der Waals surface area contributed by atoms with Crippen LogP contribution in [0.4, 0.5) is 0 Å². The maximum Gasteiger partial charge on any atom is 0.142 e. The molecule has 80 valence electrons. The summed E-state index contributed by atoms with van der Waals surface area (Å²) in [5.74, 6) is 0.992. The first-order valence-electron chi connectivity index (χ1n) is 5.34. The van der Waals surface area contributed by atoms with E-state index in [0.717, 1.165) is 30.7 Å². The van der Waals surface area contributed by atoms with Gasteiger partial charge in [-0.2, -0.15) is 0 Å². The molecule has 1 aliphatic carbocycles. The number of carbonyl (C=O) groups is 1. The van der Waals surface area contributed by atoms with E-state index in [1.54, 1.807) is 13.3 Å². The summed E-state index contributed by atoms with van der Waals surface area (Å²) in [5.41, 5.74) is 0.810. The van der Waals surface area contributed by atoms with Gasteiger partial charge in [0.25, 0.3) is 0 Å². The number of ether oxygens (including phenoxy) is 1. The molecule has 0 radical (unpaired) electrons. The van der Waals surface area contributed by atoms with Crippen LogP contribution in [-0.4, -0.2) is 17.9 Å². The Morgan fingerprint density at radius 2 is 2.33 bits per heavy atom. The third kappa shape index (κ3) is 2.01. The van der Waals surface area contributed by atoms with E-state index < -0.39 is 0 Å². The minimum absolute atomic E-state index is 0.0464. The van der Waals surface area contributed by atoms with E-state index in [4.69, 9.17) is 4.74 Å². The molecule has 2 rings (SSSR count). The van der Waals surface area contributed by atoms with Gasteiger partial charge in [-0.15, -0.1) is 0 Å². The van der Waals surface area contributed by atoms with Crippen LogP contribution in [0.3, 0.4) is 0 Å². The molecule has 1 aromatic rings. The van der Waals surface area contributed by atoms with E-state index in [1.807, 2.05) is 12.1 Å². The number of rotatable bonds is 2. The first kappa shape index (κ1) is 10.1. The zero-order valence-corrected chi connectivity index (χ0v) is 8.90. The van der Waals surface area contributed by atoms with Crippen LogP contribution in [-0.2, 0) is 4.79 Å². The van der Waals surface area contributed by atoms with Gasteiger partial charge in [0.05, 0.1) is 18.7 Å². The van der Waals surface area contributed by atoms with Gasteiger partial charge in [-0.1, -0.05) is 6.42 Å². The lowest BCUT2D eigenvalue weighted by atomic mass is 9.85. The van der Waals surface area contributed by atoms with Crippen LogP contribution in [0.5, 0.6) is 5.75 Å². The highest BCUT2D eigenvalue weighted by Gasteiger charge is 2.27. The highest BCUT2D eigenvalue weighted by Crippen LogP contribution is 2.33. The number of nitrogens with zero attached hydrogens (tertiary/aromatic N) is 1. The van der Waals surface area contributed by atoms with Gasteiger partial charge in [0.15, 0.2) is 0 Å². The number of pyridine rings is 1. The van der Waals surface area contributed by atoms with Crippen molar-refractivity contribution in [2.24, 2.45) is 0 Å². The van der Waals surface area contributed by atoms with E-state index >= 15 is 0 Å². The maximum atomic E-state index is 11.8. The number of methoxy groups -OCH3 is 1. The third-order valence-electron chi connectivity index (χ3n) is 2.90. The van der Waals surface area contributed by atoms with Crippen LogP contribution in [0, 0.1) is 0 Å². The normalized spacial score (nSPS) is 21.4. The molecule has 0 aromatic carbocycles. The van der Waals surface area contributed by atoms with Crippen molar-refractivity contribution in [2.75, 3.05) is 7.11 Å². The van der Waals surface area contributed by atoms with Crippen LogP contribution in [0.25, 0.3) is 0 Å². The first-order chi connectivity index (χ1) is 7.33. The minimum Gasteiger partial charge on any atom is -0.495 e. The SMILES string of the molecule is COc1cccnc1C1CCCCC1=O. The molecule has 1 heterocycles. The highest BCUT2D eigenvalue weighted by atomic mass is 16.5. The van der Waals surface area contributed by atoms with Gasteiger partial charge in [0, 0.05) is 12.6 Å². The summed E-state index contributed by atoms with van der Waals surface area (Å²) in [6.07, 6.45) is 5.44. The topological polar surface area (TPSA) is 39.2 Å². The van der Waals surface area contributed by atoms with Gasteiger partial charge >= 0.3 is 0 Å². The molecule has 0 spiro atoms. The zero-order valence-electron chi connectivity index (χ0n) is 8.90. The molecule has 0 saturated heterocycles. The molecule has 1 fully saturated rings. The fourth-order valence-electron chi connectivity index (χ4n) is 2.11. The minimum atomic E-state index is -0.0464. The lowest BCUT2D eigenvalue weighted by Gasteiger charge is -2.21. The van der Waals surface area contributed by atoms with Crippen molar-refractivity contribution in [3.05, 3.63) is 24.0 Å². The molecule has 1 aliphatic rings. The number of ketones is 1. The smallest absolute Gasteiger partial charge is 0.142 e. The van der Waals surface area contributed by atoms with Crippen LogP contribution in [0.1, 0.15) is 37.3 Å². The van der Waals surface area contributed by atoms with Crippen molar-refractivity contribution < 1.29 is 9.53 Å². The molecule has 1 saturated carbocycles. The molecule has 3 heteroatoms. The van der Waals surface area contributed by atoms with E-state index in [9.17, 15) is 4.79 Å². The van der Waals surface area contributed by atoms with Crippen molar-refractivity contribution in [1.29, 1.82) is 0 Å².